The minimum Gasteiger partial charge on any atom is -0.396 e. The van der Waals surface area contributed by atoms with E-state index in [0.717, 1.165) is 37.9 Å². The molecule has 1 aliphatic heterocycles. The fourth-order valence-electron chi connectivity index (χ4n) is 2.87. The van der Waals surface area contributed by atoms with Crippen molar-refractivity contribution in [3.63, 3.8) is 0 Å². The molecule has 2 rings (SSSR count). The summed E-state index contributed by atoms with van der Waals surface area (Å²) in [7, 11) is 0. The van der Waals surface area contributed by atoms with Gasteiger partial charge in [-0.2, -0.15) is 0 Å². The van der Waals surface area contributed by atoms with Gasteiger partial charge in [0.1, 0.15) is 5.82 Å². The number of nitrogens with zero attached hydrogens (tertiary/aromatic N) is 1. The summed E-state index contributed by atoms with van der Waals surface area (Å²) in [5.74, 6) is -0.288. The SMILES string of the molecule is CCC1(CO)CCN(CC(=O)NCc2ccc(F)cc2)CC1. The lowest BCUT2D eigenvalue weighted by Crippen LogP contribution is -2.45. The number of carbonyl (C=O) groups excluding carboxylic acids is 1. The van der Waals surface area contributed by atoms with E-state index in [2.05, 4.69) is 17.1 Å². The molecule has 1 amide bonds. The van der Waals surface area contributed by atoms with Crippen molar-refractivity contribution in [1.29, 1.82) is 0 Å². The predicted molar refractivity (Wildman–Crippen MR) is 83.7 cm³/mol. The summed E-state index contributed by atoms with van der Waals surface area (Å²) < 4.78 is 12.8. The number of hydrogen-bond acceptors (Lipinski definition) is 3. The van der Waals surface area contributed by atoms with Gasteiger partial charge in [-0.25, -0.2) is 4.39 Å². The maximum Gasteiger partial charge on any atom is 0.234 e. The average molecular weight is 308 g/mol. The molecule has 22 heavy (non-hydrogen) atoms. The molecule has 0 unspecified atom stereocenters. The van der Waals surface area contributed by atoms with Crippen molar-refractivity contribution in [3.05, 3.63) is 35.6 Å². The molecule has 0 aromatic heterocycles. The zero-order chi connectivity index (χ0) is 16.0. The smallest absolute Gasteiger partial charge is 0.234 e. The van der Waals surface area contributed by atoms with Gasteiger partial charge in [-0.3, -0.25) is 9.69 Å². The van der Waals surface area contributed by atoms with E-state index in [4.69, 9.17) is 0 Å². The van der Waals surface area contributed by atoms with Gasteiger partial charge in [0.25, 0.3) is 0 Å². The number of aliphatic hydroxyl groups is 1. The summed E-state index contributed by atoms with van der Waals surface area (Å²) >= 11 is 0. The Morgan fingerprint density at radius 1 is 1.32 bits per heavy atom. The van der Waals surface area contributed by atoms with Gasteiger partial charge in [0.05, 0.1) is 6.54 Å². The molecule has 1 heterocycles. The number of halogens is 1. The van der Waals surface area contributed by atoms with Crippen LogP contribution < -0.4 is 5.32 Å². The quantitative estimate of drug-likeness (QED) is 0.844. The fourth-order valence-corrected chi connectivity index (χ4v) is 2.87. The zero-order valence-corrected chi connectivity index (χ0v) is 13.1. The van der Waals surface area contributed by atoms with Crippen LogP contribution in [0.4, 0.5) is 4.39 Å². The molecule has 1 aliphatic rings. The Labute approximate surface area is 131 Å². The molecule has 2 N–H and O–H groups in total. The highest BCUT2D eigenvalue weighted by molar-refractivity contribution is 5.78. The van der Waals surface area contributed by atoms with Crippen molar-refractivity contribution >= 4 is 5.91 Å². The predicted octanol–water partition coefficient (Wildman–Crippen LogP) is 1.93. The van der Waals surface area contributed by atoms with Gasteiger partial charge in [0.2, 0.25) is 5.91 Å². The van der Waals surface area contributed by atoms with E-state index in [1.165, 1.54) is 12.1 Å². The van der Waals surface area contributed by atoms with Gasteiger partial charge < -0.3 is 10.4 Å². The second-order valence-electron chi connectivity index (χ2n) is 6.19. The maximum absolute atomic E-state index is 12.8. The van der Waals surface area contributed by atoms with Crippen molar-refractivity contribution in [2.24, 2.45) is 5.41 Å². The van der Waals surface area contributed by atoms with Gasteiger partial charge >= 0.3 is 0 Å². The molecule has 0 radical (unpaired) electrons. The highest BCUT2D eigenvalue weighted by atomic mass is 19.1. The monoisotopic (exact) mass is 308 g/mol. The summed E-state index contributed by atoms with van der Waals surface area (Å²) in [5, 5.41) is 12.4. The largest absolute Gasteiger partial charge is 0.396 e. The van der Waals surface area contributed by atoms with Gasteiger partial charge in [-0.1, -0.05) is 19.1 Å². The first kappa shape index (κ1) is 16.9. The summed E-state index contributed by atoms with van der Waals surface area (Å²) in [4.78, 5) is 14.1. The summed E-state index contributed by atoms with van der Waals surface area (Å²) in [6.45, 7) is 4.83. The Balaban J connectivity index is 1.73. The van der Waals surface area contributed by atoms with Crippen LogP contribution in [0.1, 0.15) is 31.7 Å². The van der Waals surface area contributed by atoms with Crippen LogP contribution in [0.5, 0.6) is 0 Å². The van der Waals surface area contributed by atoms with Crippen LogP contribution in [0.25, 0.3) is 0 Å². The second kappa shape index (κ2) is 7.70. The number of hydrogen-bond donors (Lipinski definition) is 2. The Hall–Kier alpha value is -1.46. The third-order valence-electron chi connectivity index (χ3n) is 4.77. The number of carbonyl (C=O) groups is 1. The average Bonchev–Trinajstić information content (AvgIpc) is 2.55. The second-order valence-corrected chi connectivity index (χ2v) is 6.19. The number of amides is 1. The molecule has 1 aromatic carbocycles. The number of likely N-dealkylation sites (tertiary alicyclic amines) is 1. The Bertz CT molecular complexity index is 476. The maximum atomic E-state index is 12.8. The highest BCUT2D eigenvalue weighted by Gasteiger charge is 2.32. The molecular weight excluding hydrogens is 283 g/mol. The number of nitrogens with one attached hydrogen (secondary N) is 1. The third kappa shape index (κ3) is 4.52. The van der Waals surface area contributed by atoms with Gasteiger partial charge in [0.15, 0.2) is 0 Å². The number of rotatable bonds is 6. The van der Waals surface area contributed by atoms with E-state index < -0.39 is 0 Å². The van der Waals surface area contributed by atoms with Crippen LogP contribution >= 0.6 is 0 Å². The van der Waals surface area contributed by atoms with Crippen LogP contribution in [-0.4, -0.2) is 42.2 Å². The van der Waals surface area contributed by atoms with Gasteiger partial charge in [-0.05, 0) is 55.5 Å². The molecular formula is C17H25FN2O2. The molecule has 0 atom stereocenters. The topological polar surface area (TPSA) is 52.6 Å². The Kier molecular flexibility index (Phi) is 5.91. The summed E-state index contributed by atoms with van der Waals surface area (Å²) in [6, 6.07) is 6.14. The molecule has 0 bridgehead atoms. The number of aliphatic hydroxyl groups excluding tert-OH is 1. The third-order valence-corrected chi connectivity index (χ3v) is 4.77. The molecule has 1 saturated heterocycles. The number of piperidine rings is 1. The standard InChI is InChI=1S/C17H25FN2O2/c1-2-17(13-21)7-9-20(10-8-17)12-16(22)19-11-14-3-5-15(18)6-4-14/h3-6,21H,2,7-13H2,1H3,(H,19,22). The highest BCUT2D eigenvalue weighted by Crippen LogP contribution is 2.33. The Morgan fingerprint density at radius 3 is 2.50 bits per heavy atom. The minimum absolute atomic E-state index is 0.0164. The van der Waals surface area contributed by atoms with Crippen molar-refractivity contribution in [2.45, 2.75) is 32.7 Å². The molecule has 0 spiro atoms. The van der Waals surface area contributed by atoms with E-state index in [-0.39, 0.29) is 23.7 Å². The lowest BCUT2D eigenvalue weighted by atomic mass is 9.77. The fraction of sp³-hybridized carbons (Fsp3) is 0.588. The first-order chi connectivity index (χ1) is 10.6. The Morgan fingerprint density at radius 2 is 1.95 bits per heavy atom. The first-order valence-electron chi connectivity index (χ1n) is 7.91. The van der Waals surface area contributed by atoms with E-state index >= 15 is 0 Å². The van der Waals surface area contributed by atoms with Crippen LogP contribution in [0.2, 0.25) is 0 Å². The number of benzene rings is 1. The first-order valence-corrected chi connectivity index (χ1v) is 7.91. The normalized spacial score (nSPS) is 18.1. The summed E-state index contributed by atoms with van der Waals surface area (Å²) in [6.07, 6.45) is 2.85. The van der Waals surface area contributed by atoms with Crippen molar-refractivity contribution in [1.82, 2.24) is 10.2 Å². The van der Waals surface area contributed by atoms with Gasteiger partial charge in [-0.15, -0.1) is 0 Å². The van der Waals surface area contributed by atoms with Crippen LogP contribution in [0, 0.1) is 11.2 Å². The van der Waals surface area contributed by atoms with Crippen LogP contribution in [0.3, 0.4) is 0 Å². The van der Waals surface area contributed by atoms with E-state index in [0.29, 0.717) is 13.1 Å². The van der Waals surface area contributed by atoms with E-state index in [1.54, 1.807) is 12.1 Å². The molecule has 4 nitrogen and oxygen atoms in total. The molecule has 1 fully saturated rings. The molecule has 0 aliphatic carbocycles. The van der Waals surface area contributed by atoms with E-state index in [9.17, 15) is 14.3 Å². The zero-order valence-electron chi connectivity index (χ0n) is 13.1. The van der Waals surface area contributed by atoms with Crippen molar-refractivity contribution in [3.8, 4) is 0 Å². The molecule has 0 saturated carbocycles. The van der Waals surface area contributed by atoms with Gasteiger partial charge in [0, 0.05) is 13.2 Å². The van der Waals surface area contributed by atoms with Crippen LogP contribution in [0.15, 0.2) is 24.3 Å². The van der Waals surface area contributed by atoms with Crippen molar-refractivity contribution < 1.29 is 14.3 Å². The molecule has 1 aromatic rings. The summed E-state index contributed by atoms with van der Waals surface area (Å²) in [5.41, 5.74) is 0.930. The minimum atomic E-state index is -0.272. The molecule has 5 heteroatoms. The van der Waals surface area contributed by atoms with E-state index in [1.807, 2.05) is 0 Å². The van der Waals surface area contributed by atoms with Crippen molar-refractivity contribution in [2.75, 3.05) is 26.2 Å². The lowest BCUT2D eigenvalue weighted by Gasteiger charge is -2.39. The molecule has 122 valence electrons. The van der Waals surface area contributed by atoms with Crippen LogP contribution in [-0.2, 0) is 11.3 Å². The lowest BCUT2D eigenvalue weighted by molar-refractivity contribution is -0.123.